The summed E-state index contributed by atoms with van der Waals surface area (Å²) in [5, 5.41) is 12.9. The fourth-order valence-corrected chi connectivity index (χ4v) is 2.17. The van der Waals surface area contributed by atoms with Crippen molar-refractivity contribution in [2.75, 3.05) is 6.61 Å². The van der Waals surface area contributed by atoms with Crippen molar-refractivity contribution in [2.24, 2.45) is 0 Å². The summed E-state index contributed by atoms with van der Waals surface area (Å²) in [5.74, 6) is -0.225. The summed E-state index contributed by atoms with van der Waals surface area (Å²) < 4.78 is 0. The molecule has 17 heavy (non-hydrogen) atoms. The molecule has 1 saturated carbocycles. The summed E-state index contributed by atoms with van der Waals surface area (Å²) in [4.78, 5) is 12.0. The highest BCUT2D eigenvalue weighted by Gasteiger charge is 2.37. The number of benzene rings is 1. The molecule has 0 aromatic heterocycles. The molecule has 1 aromatic carbocycles. The molecule has 1 aliphatic carbocycles. The van der Waals surface area contributed by atoms with Gasteiger partial charge in [0.2, 0.25) is 0 Å². The normalized spacial score (nSPS) is 17.4. The van der Waals surface area contributed by atoms with Gasteiger partial charge in [-0.25, -0.2) is 0 Å². The summed E-state index contributed by atoms with van der Waals surface area (Å²) in [7, 11) is 0. The maximum atomic E-state index is 12.0. The number of hydrogen-bond acceptors (Lipinski definition) is 2. The van der Waals surface area contributed by atoms with Crippen LogP contribution < -0.4 is 5.32 Å². The second kappa shape index (κ2) is 4.84. The van der Waals surface area contributed by atoms with Gasteiger partial charge in [0.25, 0.3) is 5.91 Å². The van der Waals surface area contributed by atoms with E-state index >= 15 is 0 Å². The van der Waals surface area contributed by atoms with Crippen molar-refractivity contribution < 1.29 is 9.90 Å². The Kier molecular flexibility index (Phi) is 3.61. The minimum absolute atomic E-state index is 0.0277. The SMILES string of the molecule is O=C(NC1(CO)CCC1)c1ccc(Cl)c(Cl)c1. The van der Waals surface area contributed by atoms with Crippen LogP contribution in [0.4, 0.5) is 0 Å². The molecule has 3 nitrogen and oxygen atoms in total. The van der Waals surface area contributed by atoms with E-state index in [0.29, 0.717) is 15.6 Å². The third-order valence-corrected chi connectivity index (χ3v) is 3.91. The Bertz CT molecular complexity index is 439. The maximum Gasteiger partial charge on any atom is 0.251 e. The Morgan fingerprint density at radius 1 is 1.35 bits per heavy atom. The maximum absolute atomic E-state index is 12.0. The van der Waals surface area contributed by atoms with Gasteiger partial charge in [-0.3, -0.25) is 4.79 Å². The van der Waals surface area contributed by atoms with E-state index in [1.54, 1.807) is 12.1 Å². The lowest BCUT2D eigenvalue weighted by molar-refractivity contribution is 0.0641. The number of aliphatic hydroxyl groups is 1. The van der Waals surface area contributed by atoms with Gasteiger partial charge in [-0.1, -0.05) is 23.2 Å². The zero-order valence-electron chi connectivity index (χ0n) is 9.17. The van der Waals surface area contributed by atoms with E-state index < -0.39 is 5.54 Å². The van der Waals surface area contributed by atoms with Gasteiger partial charge >= 0.3 is 0 Å². The average molecular weight is 274 g/mol. The van der Waals surface area contributed by atoms with Gasteiger partial charge in [0.15, 0.2) is 0 Å². The van der Waals surface area contributed by atoms with E-state index in [-0.39, 0.29) is 12.5 Å². The fourth-order valence-electron chi connectivity index (χ4n) is 1.88. The molecule has 1 aliphatic rings. The minimum Gasteiger partial charge on any atom is -0.394 e. The lowest BCUT2D eigenvalue weighted by atomic mass is 9.77. The van der Waals surface area contributed by atoms with E-state index in [0.717, 1.165) is 19.3 Å². The number of aliphatic hydroxyl groups excluding tert-OH is 1. The third kappa shape index (κ3) is 2.57. The first-order chi connectivity index (χ1) is 8.06. The standard InChI is InChI=1S/C12H13Cl2NO2/c13-9-3-2-8(6-10(9)14)11(17)15-12(7-16)4-1-5-12/h2-3,6,16H,1,4-5,7H2,(H,15,17). The zero-order valence-corrected chi connectivity index (χ0v) is 10.7. The number of nitrogens with one attached hydrogen (secondary N) is 1. The number of carbonyl (C=O) groups excluding carboxylic acids is 1. The molecule has 1 fully saturated rings. The predicted molar refractivity (Wildman–Crippen MR) is 67.6 cm³/mol. The molecule has 0 spiro atoms. The second-order valence-corrected chi connectivity index (χ2v) is 5.19. The first kappa shape index (κ1) is 12.7. The van der Waals surface area contributed by atoms with Crippen LogP contribution in [0, 0.1) is 0 Å². The van der Waals surface area contributed by atoms with Gasteiger partial charge in [-0.15, -0.1) is 0 Å². The van der Waals surface area contributed by atoms with Crippen molar-refractivity contribution in [1.82, 2.24) is 5.32 Å². The highest BCUT2D eigenvalue weighted by atomic mass is 35.5. The average Bonchev–Trinajstić information content (AvgIpc) is 2.27. The molecular formula is C12H13Cl2NO2. The van der Waals surface area contributed by atoms with Gasteiger partial charge in [0.1, 0.15) is 0 Å². The largest absolute Gasteiger partial charge is 0.394 e. The highest BCUT2D eigenvalue weighted by Crippen LogP contribution is 2.31. The highest BCUT2D eigenvalue weighted by molar-refractivity contribution is 6.42. The van der Waals surface area contributed by atoms with Crippen molar-refractivity contribution >= 4 is 29.1 Å². The molecule has 0 aliphatic heterocycles. The number of halogens is 2. The molecule has 0 saturated heterocycles. The Morgan fingerprint density at radius 2 is 2.06 bits per heavy atom. The van der Waals surface area contributed by atoms with Crippen LogP contribution in [-0.4, -0.2) is 23.2 Å². The van der Waals surface area contributed by atoms with Crippen LogP contribution >= 0.6 is 23.2 Å². The Hall–Kier alpha value is -0.770. The van der Waals surface area contributed by atoms with Crippen molar-refractivity contribution in [3.8, 4) is 0 Å². The molecule has 0 unspecified atom stereocenters. The number of amides is 1. The molecule has 2 N–H and O–H groups in total. The smallest absolute Gasteiger partial charge is 0.251 e. The van der Waals surface area contributed by atoms with E-state index in [1.807, 2.05) is 0 Å². The second-order valence-electron chi connectivity index (χ2n) is 4.38. The van der Waals surface area contributed by atoms with Gasteiger partial charge in [-0.2, -0.15) is 0 Å². The number of hydrogen-bond donors (Lipinski definition) is 2. The van der Waals surface area contributed by atoms with E-state index in [2.05, 4.69) is 5.32 Å². The lowest BCUT2D eigenvalue weighted by Gasteiger charge is -2.40. The third-order valence-electron chi connectivity index (χ3n) is 3.17. The van der Waals surface area contributed by atoms with Crippen molar-refractivity contribution in [1.29, 1.82) is 0 Å². The molecule has 1 aromatic rings. The molecule has 0 radical (unpaired) electrons. The lowest BCUT2D eigenvalue weighted by Crippen LogP contribution is -2.56. The quantitative estimate of drug-likeness (QED) is 0.890. The van der Waals surface area contributed by atoms with Gasteiger partial charge in [-0.05, 0) is 37.5 Å². The van der Waals surface area contributed by atoms with Gasteiger partial charge in [0.05, 0.1) is 22.2 Å². The molecule has 0 atom stereocenters. The van der Waals surface area contributed by atoms with Crippen LogP contribution in [0.5, 0.6) is 0 Å². The Morgan fingerprint density at radius 3 is 2.53 bits per heavy atom. The molecular weight excluding hydrogens is 261 g/mol. The zero-order chi connectivity index (χ0) is 12.5. The Balaban J connectivity index is 2.11. The van der Waals surface area contributed by atoms with Crippen molar-refractivity contribution in [3.05, 3.63) is 33.8 Å². The minimum atomic E-state index is -0.441. The monoisotopic (exact) mass is 273 g/mol. The van der Waals surface area contributed by atoms with E-state index in [9.17, 15) is 9.90 Å². The molecule has 0 bridgehead atoms. The molecule has 92 valence electrons. The van der Waals surface area contributed by atoms with Crippen LogP contribution in [0.3, 0.4) is 0 Å². The summed E-state index contributed by atoms with van der Waals surface area (Å²) >= 11 is 11.6. The van der Waals surface area contributed by atoms with Crippen LogP contribution in [0.1, 0.15) is 29.6 Å². The number of carbonyl (C=O) groups is 1. The topological polar surface area (TPSA) is 49.3 Å². The molecule has 0 heterocycles. The number of rotatable bonds is 3. The van der Waals surface area contributed by atoms with Gasteiger partial charge < -0.3 is 10.4 Å². The van der Waals surface area contributed by atoms with Crippen LogP contribution in [0.2, 0.25) is 10.0 Å². The van der Waals surface area contributed by atoms with Crippen molar-refractivity contribution in [2.45, 2.75) is 24.8 Å². The molecule has 1 amide bonds. The van der Waals surface area contributed by atoms with Gasteiger partial charge in [0, 0.05) is 5.56 Å². The first-order valence-electron chi connectivity index (χ1n) is 5.45. The van der Waals surface area contributed by atoms with Crippen LogP contribution in [-0.2, 0) is 0 Å². The predicted octanol–water partition coefficient (Wildman–Crippen LogP) is 2.64. The molecule has 5 heteroatoms. The molecule has 2 rings (SSSR count). The van der Waals surface area contributed by atoms with E-state index in [1.165, 1.54) is 6.07 Å². The van der Waals surface area contributed by atoms with Crippen LogP contribution in [0.15, 0.2) is 18.2 Å². The van der Waals surface area contributed by atoms with Crippen LogP contribution in [0.25, 0.3) is 0 Å². The summed E-state index contributed by atoms with van der Waals surface area (Å²) in [6.45, 7) is -0.0277. The van der Waals surface area contributed by atoms with E-state index in [4.69, 9.17) is 23.2 Å². The first-order valence-corrected chi connectivity index (χ1v) is 6.20. The summed E-state index contributed by atoms with van der Waals surface area (Å²) in [6.07, 6.45) is 2.66. The Labute approximate surface area is 110 Å². The summed E-state index contributed by atoms with van der Waals surface area (Å²) in [5.41, 5.74) is 0.0162. The summed E-state index contributed by atoms with van der Waals surface area (Å²) in [6, 6.07) is 4.74. The van der Waals surface area contributed by atoms with Crippen molar-refractivity contribution in [3.63, 3.8) is 0 Å². The fraction of sp³-hybridized carbons (Fsp3) is 0.417.